The van der Waals surface area contributed by atoms with Crippen LogP contribution in [0.5, 0.6) is 0 Å². The number of amides is 1. The predicted molar refractivity (Wildman–Crippen MR) is 98.0 cm³/mol. The van der Waals surface area contributed by atoms with Crippen molar-refractivity contribution in [1.82, 2.24) is 10.5 Å². The first-order valence-corrected chi connectivity index (χ1v) is 8.25. The summed E-state index contributed by atoms with van der Waals surface area (Å²) in [6.45, 7) is 5.33. The number of aryl methyl sites for hydroxylation is 1. The number of carbonyl (C=O) groups excluding carboxylic acids is 1. The SMILES string of the molecule is C=COCCONC(=O)c1oc2c(F)cncc2c1Nc1ccc(C)cc1F. The molecule has 0 radical (unpaired) electrons. The molecule has 0 atom stereocenters. The number of hydrogen-bond donors (Lipinski definition) is 2. The molecule has 0 spiro atoms. The second kappa shape index (κ2) is 8.49. The molecule has 9 heteroatoms. The number of hydrogen-bond acceptors (Lipinski definition) is 6. The Morgan fingerprint density at radius 2 is 2.11 bits per heavy atom. The Hall–Kier alpha value is -3.46. The summed E-state index contributed by atoms with van der Waals surface area (Å²) in [5.74, 6) is -2.37. The van der Waals surface area contributed by atoms with Gasteiger partial charge in [-0.15, -0.1) is 0 Å². The fraction of sp³-hybridized carbons (Fsp3) is 0.158. The van der Waals surface area contributed by atoms with Crippen LogP contribution in [0.25, 0.3) is 11.0 Å². The van der Waals surface area contributed by atoms with Crippen molar-refractivity contribution in [2.45, 2.75) is 6.92 Å². The van der Waals surface area contributed by atoms with Crippen LogP contribution in [0.15, 0.2) is 47.9 Å². The van der Waals surface area contributed by atoms with Gasteiger partial charge in [0.25, 0.3) is 0 Å². The third-order valence-corrected chi connectivity index (χ3v) is 3.73. The van der Waals surface area contributed by atoms with Gasteiger partial charge in [-0.3, -0.25) is 14.6 Å². The van der Waals surface area contributed by atoms with E-state index in [1.807, 2.05) is 0 Å². The molecule has 0 unspecified atom stereocenters. The van der Waals surface area contributed by atoms with Crippen LogP contribution in [0.4, 0.5) is 20.2 Å². The van der Waals surface area contributed by atoms with E-state index in [-0.39, 0.29) is 41.3 Å². The zero-order chi connectivity index (χ0) is 20.1. The third kappa shape index (κ3) is 4.09. The van der Waals surface area contributed by atoms with E-state index in [9.17, 15) is 13.6 Å². The van der Waals surface area contributed by atoms with Gasteiger partial charge in [-0.25, -0.2) is 14.3 Å². The lowest BCUT2D eigenvalue weighted by molar-refractivity contribution is 0.0129. The Kier molecular flexibility index (Phi) is 5.85. The average Bonchev–Trinajstić information content (AvgIpc) is 3.04. The first-order chi connectivity index (χ1) is 13.5. The van der Waals surface area contributed by atoms with Gasteiger partial charge in [-0.2, -0.15) is 0 Å². The van der Waals surface area contributed by atoms with Gasteiger partial charge in [0.05, 0.1) is 23.5 Å². The summed E-state index contributed by atoms with van der Waals surface area (Å²) in [4.78, 5) is 21.2. The lowest BCUT2D eigenvalue weighted by Gasteiger charge is -2.09. The number of halogens is 2. The Labute approximate surface area is 158 Å². The zero-order valence-corrected chi connectivity index (χ0v) is 14.9. The summed E-state index contributed by atoms with van der Waals surface area (Å²) < 4.78 is 38.5. The molecule has 0 bridgehead atoms. The number of benzene rings is 1. The molecule has 2 N–H and O–H groups in total. The number of pyridine rings is 1. The minimum Gasteiger partial charge on any atom is -0.499 e. The maximum Gasteiger partial charge on any atom is 0.312 e. The van der Waals surface area contributed by atoms with Crippen molar-refractivity contribution in [2.24, 2.45) is 0 Å². The lowest BCUT2D eigenvalue weighted by atomic mass is 10.2. The molecule has 7 nitrogen and oxygen atoms in total. The molecule has 0 saturated heterocycles. The Bertz CT molecular complexity index is 1020. The van der Waals surface area contributed by atoms with Crippen LogP contribution in [-0.4, -0.2) is 24.1 Å². The van der Waals surface area contributed by atoms with Gasteiger partial charge >= 0.3 is 5.91 Å². The average molecular weight is 389 g/mol. The standard InChI is InChI=1S/C19H17F2N3O4/c1-3-26-6-7-27-24-19(25)18-16(12-9-22-10-14(21)17(12)28-18)23-15-5-4-11(2)8-13(15)20/h3-5,8-10,23H,1,6-7H2,2H3,(H,24,25). The first-order valence-electron chi connectivity index (χ1n) is 8.25. The Balaban J connectivity index is 1.92. The molecular formula is C19H17F2N3O4. The number of nitrogens with zero attached hydrogens (tertiary/aromatic N) is 1. The summed E-state index contributed by atoms with van der Waals surface area (Å²) in [5, 5.41) is 2.96. The Morgan fingerprint density at radius 1 is 1.29 bits per heavy atom. The number of carbonyl (C=O) groups is 1. The molecule has 28 heavy (non-hydrogen) atoms. The number of aromatic nitrogens is 1. The lowest BCUT2D eigenvalue weighted by Crippen LogP contribution is -2.25. The van der Waals surface area contributed by atoms with Crippen LogP contribution in [0.3, 0.4) is 0 Å². The van der Waals surface area contributed by atoms with E-state index in [1.165, 1.54) is 24.6 Å². The minimum atomic E-state index is -0.788. The second-order valence-electron chi connectivity index (χ2n) is 5.73. The van der Waals surface area contributed by atoms with E-state index in [0.29, 0.717) is 0 Å². The molecule has 3 rings (SSSR count). The van der Waals surface area contributed by atoms with E-state index < -0.39 is 17.5 Å². The van der Waals surface area contributed by atoms with Crippen LogP contribution in [0.1, 0.15) is 16.1 Å². The smallest absolute Gasteiger partial charge is 0.312 e. The van der Waals surface area contributed by atoms with Gasteiger partial charge in [0.15, 0.2) is 11.4 Å². The molecule has 0 aliphatic heterocycles. The summed E-state index contributed by atoms with van der Waals surface area (Å²) >= 11 is 0. The van der Waals surface area contributed by atoms with Gasteiger partial charge in [0, 0.05) is 6.20 Å². The summed E-state index contributed by atoms with van der Waals surface area (Å²) in [7, 11) is 0. The van der Waals surface area contributed by atoms with Gasteiger partial charge in [0.2, 0.25) is 5.76 Å². The number of ether oxygens (including phenoxy) is 1. The van der Waals surface area contributed by atoms with Crippen molar-refractivity contribution in [3.63, 3.8) is 0 Å². The topological polar surface area (TPSA) is 85.6 Å². The van der Waals surface area contributed by atoms with Gasteiger partial charge in [-0.05, 0) is 24.6 Å². The number of fused-ring (bicyclic) bond motifs is 1. The molecular weight excluding hydrogens is 372 g/mol. The largest absolute Gasteiger partial charge is 0.499 e. The highest BCUT2D eigenvalue weighted by molar-refractivity contribution is 6.06. The van der Waals surface area contributed by atoms with Crippen molar-refractivity contribution in [3.8, 4) is 0 Å². The van der Waals surface area contributed by atoms with Crippen LogP contribution >= 0.6 is 0 Å². The molecule has 0 aliphatic carbocycles. The van der Waals surface area contributed by atoms with Crippen molar-refractivity contribution in [3.05, 3.63) is 66.4 Å². The predicted octanol–water partition coefficient (Wildman–Crippen LogP) is 3.98. The van der Waals surface area contributed by atoms with Crippen molar-refractivity contribution < 1.29 is 27.6 Å². The molecule has 0 fully saturated rings. The highest BCUT2D eigenvalue weighted by atomic mass is 19.1. The number of rotatable bonds is 8. The van der Waals surface area contributed by atoms with E-state index in [4.69, 9.17) is 14.0 Å². The summed E-state index contributed by atoms with van der Waals surface area (Å²) in [6.07, 6.45) is 3.50. The molecule has 0 saturated carbocycles. The van der Waals surface area contributed by atoms with E-state index in [0.717, 1.165) is 11.8 Å². The van der Waals surface area contributed by atoms with Gasteiger partial charge < -0.3 is 14.5 Å². The summed E-state index contributed by atoms with van der Waals surface area (Å²) in [5.41, 5.74) is 2.85. The van der Waals surface area contributed by atoms with Crippen LogP contribution in [-0.2, 0) is 9.57 Å². The minimum absolute atomic E-state index is 0.0449. The van der Waals surface area contributed by atoms with E-state index >= 15 is 0 Å². The quantitative estimate of drug-likeness (QED) is 0.344. The molecule has 146 valence electrons. The van der Waals surface area contributed by atoms with Crippen LogP contribution in [0, 0.1) is 18.6 Å². The second-order valence-corrected chi connectivity index (χ2v) is 5.73. The molecule has 1 amide bonds. The number of anilines is 2. The zero-order valence-electron chi connectivity index (χ0n) is 14.9. The fourth-order valence-corrected chi connectivity index (χ4v) is 2.46. The third-order valence-electron chi connectivity index (χ3n) is 3.73. The van der Waals surface area contributed by atoms with Crippen molar-refractivity contribution in [1.29, 1.82) is 0 Å². The van der Waals surface area contributed by atoms with Gasteiger partial charge in [-0.1, -0.05) is 12.6 Å². The fourth-order valence-electron chi connectivity index (χ4n) is 2.46. The molecule has 1 aromatic carbocycles. The number of nitrogens with one attached hydrogen (secondary N) is 2. The van der Waals surface area contributed by atoms with Crippen LogP contribution < -0.4 is 10.8 Å². The molecule has 0 aliphatic rings. The highest BCUT2D eigenvalue weighted by Crippen LogP contribution is 2.34. The maximum absolute atomic E-state index is 14.2. The van der Waals surface area contributed by atoms with E-state index in [1.54, 1.807) is 13.0 Å². The number of hydroxylamine groups is 1. The monoisotopic (exact) mass is 389 g/mol. The van der Waals surface area contributed by atoms with Gasteiger partial charge in [0.1, 0.15) is 24.7 Å². The maximum atomic E-state index is 14.2. The van der Waals surface area contributed by atoms with Crippen LogP contribution in [0.2, 0.25) is 0 Å². The molecule has 3 aromatic rings. The van der Waals surface area contributed by atoms with E-state index in [2.05, 4.69) is 22.4 Å². The first kappa shape index (κ1) is 19.3. The molecule has 2 heterocycles. The highest BCUT2D eigenvalue weighted by Gasteiger charge is 2.24. The van der Waals surface area contributed by atoms with Crippen molar-refractivity contribution in [2.75, 3.05) is 18.5 Å². The summed E-state index contributed by atoms with van der Waals surface area (Å²) in [6, 6.07) is 4.52. The van der Waals surface area contributed by atoms with Crippen molar-refractivity contribution >= 4 is 28.3 Å². The number of furan rings is 1. The normalized spacial score (nSPS) is 10.7. The molecule has 2 aromatic heterocycles. The Morgan fingerprint density at radius 3 is 2.86 bits per heavy atom.